The molecule has 5 heteroatoms. The summed E-state index contributed by atoms with van der Waals surface area (Å²) >= 11 is 0. The largest absolute Gasteiger partial charge is 0.365 e. The Bertz CT molecular complexity index is 737. The molecule has 0 atom stereocenters. The third-order valence-electron chi connectivity index (χ3n) is 3.84. The highest BCUT2D eigenvalue weighted by Crippen LogP contribution is 2.37. The average Bonchev–Trinajstić information content (AvgIpc) is 2.52. The molecule has 1 aliphatic carbocycles. The molecular weight excluding hydrogens is 316 g/mol. The van der Waals surface area contributed by atoms with Crippen molar-refractivity contribution in [1.29, 1.82) is 0 Å². The van der Waals surface area contributed by atoms with Gasteiger partial charge in [-0.15, -0.1) is 0 Å². The lowest BCUT2D eigenvalue weighted by Crippen LogP contribution is -2.29. The lowest BCUT2D eigenvalue weighted by Gasteiger charge is -2.30. The van der Waals surface area contributed by atoms with Crippen LogP contribution in [0.3, 0.4) is 0 Å². The van der Waals surface area contributed by atoms with Crippen molar-refractivity contribution in [3.63, 3.8) is 0 Å². The maximum Gasteiger partial charge on any atom is 0.365 e. The zero-order valence-electron chi connectivity index (χ0n) is 15.6. The van der Waals surface area contributed by atoms with E-state index >= 15 is 0 Å². The molecule has 132 valence electrons. The van der Waals surface area contributed by atoms with Gasteiger partial charge in [0.25, 0.3) is 0 Å². The Morgan fingerprint density at radius 1 is 0.960 bits per heavy atom. The predicted octanol–water partition coefficient (Wildman–Crippen LogP) is 4.12. The van der Waals surface area contributed by atoms with Gasteiger partial charge in [0.05, 0.1) is 5.56 Å². The number of carbonyl (C=O) groups is 2. The Balaban J connectivity index is 2.36. The van der Waals surface area contributed by atoms with Gasteiger partial charge in [-0.3, -0.25) is 9.78 Å². The Morgan fingerprint density at radius 3 is 1.88 bits per heavy atom. The van der Waals surface area contributed by atoms with Gasteiger partial charge in [-0.25, -0.2) is 4.79 Å². The molecule has 0 saturated heterocycles. The van der Waals surface area contributed by atoms with Crippen LogP contribution in [0.2, 0.25) is 0 Å². The molecule has 0 fully saturated rings. The smallest absolute Gasteiger partial charge is 0.312 e. The molecule has 5 nitrogen and oxygen atoms in total. The van der Waals surface area contributed by atoms with Crippen LogP contribution in [0.15, 0.2) is 53.0 Å². The minimum Gasteiger partial charge on any atom is -0.312 e. The number of nitrogens with zero attached hydrogens (tertiary/aromatic N) is 2. The van der Waals surface area contributed by atoms with Crippen LogP contribution in [-0.2, 0) is 9.63 Å². The monoisotopic (exact) mass is 340 g/mol. The fourth-order valence-electron chi connectivity index (χ4n) is 2.42. The summed E-state index contributed by atoms with van der Waals surface area (Å²) in [5, 5.41) is 3.96. The van der Waals surface area contributed by atoms with E-state index in [-0.39, 0.29) is 16.6 Å². The first-order chi connectivity index (χ1) is 11.5. The third-order valence-corrected chi connectivity index (χ3v) is 3.84. The zero-order chi connectivity index (χ0) is 18.8. The van der Waals surface area contributed by atoms with Gasteiger partial charge < -0.3 is 4.84 Å². The van der Waals surface area contributed by atoms with Gasteiger partial charge in [0, 0.05) is 23.5 Å². The fourth-order valence-corrected chi connectivity index (χ4v) is 2.42. The Labute approximate surface area is 148 Å². The highest BCUT2D eigenvalue weighted by atomic mass is 16.7. The molecule has 0 aromatic carbocycles. The number of hydrogen-bond donors (Lipinski definition) is 0. The van der Waals surface area contributed by atoms with Crippen molar-refractivity contribution < 1.29 is 14.4 Å². The molecule has 0 spiro atoms. The summed E-state index contributed by atoms with van der Waals surface area (Å²) in [6, 6.07) is 3.11. The molecule has 0 N–H and O–H groups in total. The number of carbonyl (C=O) groups excluding carboxylic acids is 2. The maximum atomic E-state index is 12.8. The first kappa shape index (κ1) is 18.8. The molecule has 2 rings (SSSR count). The SMILES string of the molecule is CC(C)(C)C1=CC(=NOC(=O)c2ccncc2)C=C(C(C)(C)C)C1=O. The summed E-state index contributed by atoms with van der Waals surface area (Å²) in [5.74, 6) is -0.553. The van der Waals surface area contributed by atoms with Crippen LogP contribution < -0.4 is 0 Å². The van der Waals surface area contributed by atoms with E-state index in [4.69, 9.17) is 4.84 Å². The third kappa shape index (κ3) is 4.50. The molecule has 0 unspecified atom stereocenters. The lowest BCUT2D eigenvalue weighted by molar-refractivity contribution is -0.114. The van der Waals surface area contributed by atoms with Gasteiger partial charge in [-0.2, -0.15) is 0 Å². The molecule has 1 aromatic rings. The molecule has 0 amide bonds. The minimum atomic E-state index is -0.566. The van der Waals surface area contributed by atoms with E-state index in [1.165, 1.54) is 12.4 Å². The fraction of sp³-hybridized carbons (Fsp3) is 0.400. The van der Waals surface area contributed by atoms with Crippen LogP contribution in [-0.4, -0.2) is 22.4 Å². The van der Waals surface area contributed by atoms with E-state index in [9.17, 15) is 9.59 Å². The van der Waals surface area contributed by atoms with Crippen molar-refractivity contribution in [2.24, 2.45) is 16.0 Å². The van der Waals surface area contributed by atoms with Crippen molar-refractivity contribution in [2.45, 2.75) is 41.5 Å². The van der Waals surface area contributed by atoms with Gasteiger partial charge in [0.1, 0.15) is 5.71 Å². The van der Waals surface area contributed by atoms with Crippen molar-refractivity contribution in [3.05, 3.63) is 53.4 Å². The number of hydrogen-bond acceptors (Lipinski definition) is 5. The molecule has 0 radical (unpaired) electrons. The van der Waals surface area contributed by atoms with Crippen molar-refractivity contribution in [3.8, 4) is 0 Å². The van der Waals surface area contributed by atoms with Crippen LogP contribution >= 0.6 is 0 Å². The van der Waals surface area contributed by atoms with Crippen molar-refractivity contribution >= 4 is 17.5 Å². The number of allylic oxidation sites excluding steroid dienone is 4. The van der Waals surface area contributed by atoms with E-state index in [0.29, 0.717) is 22.4 Å². The number of ketones is 1. The second-order valence-corrected chi connectivity index (χ2v) is 8.08. The van der Waals surface area contributed by atoms with Gasteiger partial charge in [-0.1, -0.05) is 46.7 Å². The normalized spacial score (nSPS) is 15.4. The van der Waals surface area contributed by atoms with E-state index in [2.05, 4.69) is 10.1 Å². The Hall–Kier alpha value is -2.56. The topological polar surface area (TPSA) is 68.6 Å². The Morgan fingerprint density at radius 2 is 1.44 bits per heavy atom. The summed E-state index contributed by atoms with van der Waals surface area (Å²) in [6.07, 6.45) is 6.41. The maximum absolute atomic E-state index is 12.8. The molecule has 25 heavy (non-hydrogen) atoms. The molecule has 0 bridgehead atoms. The number of oxime groups is 1. The summed E-state index contributed by atoms with van der Waals surface area (Å²) in [7, 11) is 0. The van der Waals surface area contributed by atoms with Crippen molar-refractivity contribution in [1.82, 2.24) is 4.98 Å². The molecule has 1 aromatic heterocycles. The van der Waals surface area contributed by atoms with Crippen LogP contribution in [0.1, 0.15) is 51.9 Å². The van der Waals surface area contributed by atoms with Crippen LogP contribution in [0, 0.1) is 10.8 Å². The average molecular weight is 340 g/mol. The molecule has 1 heterocycles. The predicted molar refractivity (Wildman–Crippen MR) is 97.2 cm³/mol. The second kappa shape index (κ2) is 6.75. The number of Topliss-reactive ketones (excluding diaryl/α,β-unsaturated/α-hetero) is 1. The highest BCUT2D eigenvalue weighted by Gasteiger charge is 2.34. The van der Waals surface area contributed by atoms with E-state index in [0.717, 1.165) is 0 Å². The van der Waals surface area contributed by atoms with Crippen LogP contribution in [0.4, 0.5) is 0 Å². The number of aromatic nitrogens is 1. The summed E-state index contributed by atoms with van der Waals surface area (Å²) in [6.45, 7) is 11.9. The van der Waals surface area contributed by atoms with Crippen LogP contribution in [0.5, 0.6) is 0 Å². The number of pyridine rings is 1. The van der Waals surface area contributed by atoms with Gasteiger partial charge >= 0.3 is 5.97 Å². The Kier molecular flexibility index (Phi) is 5.07. The highest BCUT2D eigenvalue weighted by molar-refractivity contribution is 6.22. The van der Waals surface area contributed by atoms with Gasteiger partial charge in [-0.05, 0) is 35.1 Å². The molecule has 0 aliphatic heterocycles. The second-order valence-electron chi connectivity index (χ2n) is 8.08. The molecule has 0 saturated carbocycles. The van der Waals surface area contributed by atoms with E-state index in [1.54, 1.807) is 24.3 Å². The van der Waals surface area contributed by atoms with Gasteiger partial charge in [0.2, 0.25) is 0 Å². The quantitative estimate of drug-likeness (QED) is 0.461. The van der Waals surface area contributed by atoms with Crippen molar-refractivity contribution in [2.75, 3.05) is 0 Å². The summed E-state index contributed by atoms with van der Waals surface area (Å²) in [5.41, 5.74) is 1.45. The summed E-state index contributed by atoms with van der Waals surface area (Å²) < 4.78 is 0. The minimum absolute atomic E-state index is 0.0133. The van der Waals surface area contributed by atoms with E-state index in [1.807, 2.05) is 41.5 Å². The summed E-state index contributed by atoms with van der Waals surface area (Å²) in [4.78, 5) is 33.8. The first-order valence-electron chi connectivity index (χ1n) is 8.18. The van der Waals surface area contributed by atoms with Gasteiger partial charge in [0.15, 0.2) is 5.78 Å². The van der Waals surface area contributed by atoms with Crippen LogP contribution in [0.25, 0.3) is 0 Å². The van der Waals surface area contributed by atoms with E-state index < -0.39 is 5.97 Å². The zero-order valence-corrected chi connectivity index (χ0v) is 15.6. The number of rotatable bonds is 2. The standard InChI is InChI=1S/C20H24N2O3/c1-19(2,3)15-11-14(12-16(17(15)23)20(4,5)6)22-25-18(24)13-7-9-21-10-8-13/h7-12H,1-6H3. The first-order valence-corrected chi connectivity index (χ1v) is 8.18. The molecular formula is C20H24N2O3. The molecule has 1 aliphatic rings. The lowest BCUT2D eigenvalue weighted by atomic mass is 9.72.